The molecule has 1 saturated carbocycles. The molecule has 0 aromatic heterocycles. The lowest BCUT2D eigenvalue weighted by atomic mass is 9.78. The van der Waals surface area contributed by atoms with Gasteiger partial charge in [-0.25, -0.2) is 4.79 Å². The number of methoxy groups -OCH3 is 2. The number of carbonyl (C=O) groups is 2. The zero-order valence-corrected chi connectivity index (χ0v) is 16.9. The molecule has 154 valence electrons. The van der Waals surface area contributed by atoms with E-state index in [-0.39, 0.29) is 23.8 Å². The van der Waals surface area contributed by atoms with Gasteiger partial charge in [0.25, 0.3) is 5.91 Å². The molecule has 1 N–H and O–H groups in total. The molecule has 1 amide bonds. The highest BCUT2D eigenvalue weighted by Gasteiger charge is 2.46. The number of nitrogens with zero attached hydrogens (tertiary/aromatic N) is 1. The fourth-order valence-electron chi connectivity index (χ4n) is 4.14. The number of rotatable bonds is 5. The Bertz CT molecular complexity index is 733. The Labute approximate surface area is 165 Å². The van der Waals surface area contributed by atoms with Crippen LogP contribution in [0.4, 0.5) is 0 Å². The number of aliphatic hydroxyl groups excluding tert-OH is 1. The van der Waals surface area contributed by atoms with Crippen molar-refractivity contribution in [2.45, 2.75) is 44.5 Å². The summed E-state index contributed by atoms with van der Waals surface area (Å²) in [6.45, 7) is 4.82. The molecule has 0 spiro atoms. The maximum Gasteiger partial charge on any atom is 0.337 e. The van der Waals surface area contributed by atoms with E-state index >= 15 is 0 Å². The molecule has 1 heterocycles. The van der Waals surface area contributed by atoms with Crippen molar-refractivity contribution in [3.63, 3.8) is 0 Å². The molecule has 3 rings (SSSR count). The highest BCUT2D eigenvalue weighted by Crippen LogP contribution is 2.39. The van der Waals surface area contributed by atoms with Crippen molar-refractivity contribution in [1.82, 2.24) is 4.90 Å². The SMILES string of the molecule is COC(=O)c1cccc(O[C@@H]2C[C@@H]3CN(C(=O)C(C)(C)OC)C[C@@H]3C[C@H]2O)c1. The van der Waals surface area contributed by atoms with E-state index in [2.05, 4.69) is 0 Å². The van der Waals surface area contributed by atoms with E-state index in [4.69, 9.17) is 14.2 Å². The van der Waals surface area contributed by atoms with Gasteiger partial charge in [-0.2, -0.15) is 0 Å². The Kier molecular flexibility index (Phi) is 5.95. The van der Waals surface area contributed by atoms with Crippen molar-refractivity contribution < 1.29 is 28.9 Å². The minimum atomic E-state index is -0.851. The van der Waals surface area contributed by atoms with E-state index in [1.807, 2.05) is 4.90 Å². The van der Waals surface area contributed by atoms with Crippen molar-refractivity contribution in [2.24, 2.45) is 11.8 Å². The highest BCUT2D eigenvalue weighted by molar-refractivity contribution is 5.89. The maximum absolute atomic E-state index is 12.7. The first-order valence-electron chi connectivity index (χ1n) is 9.62. The fourth-order valence-corrected chi connectivity index (χ4v) is 4.14. The third-order valence-electron chi connectivity index (χ3n) is 5.94. The van der Waals surface area contributed by atoms with Crippen LogP contribution in [0.15, 0.2) is 24.3 Å². The summed E-state index contributed by atoms with van der Waals surface area (Å²) in [4.78, 5) is 26.2. The number of ether oxygens (including phenoxy) is 3. The summed E-state index contributed by atoms with van der Waals surface area (Å²) in [5, 5.41) is 10.6. The number of carbonyl (C=O) groups excluding carboxylic acids is 2. The van der Waals surface area contributed by atoms with Crippen LogP contribution in [0.3, 0.4) is 0 Å². The summed E-state index contributed by atoms with van der Waals surface area (Å²) in [7, 11) is 2.87. The molecule has 1 aromatic carbocycles. The summed E-state index contributed by atoms with van der Waals surface area (Å²) in [6.07, 6.45) is 0.252. The van der Waals surface area contributed by atoms with Gasteiger partial charge in [0.2, 0.25) is 0 Å². The molecule has 28 heavy (non-hydrogen) atoms. The summed E-state index contributed by atoms with van der Waals surface area (Å²) in [6, 6.07) is 6.76. The first-order valence-corrected chi connectivity index (χ1v) is 9.62. The Morgan fingerprint density at radius 2 is 1.82 bits per heavy atom. The van der Waals surface area contributed by atoms with Crippen molar-refractivity contribution in [3.05, 3.63) is 29.8 Å². The predicted octanol–water partition coefficient (Wildman–Crippen LogP) is 1.87. The quantitative estimate of drug-likeness (QED) is 0.772. The van der Waals surface area contributed by atoms with Gasteiger partial charge in [-0.1, -0.05) is 6.07 Å². The lowest BCUT2D eigenvalue weighted by Crippen LogP contribution is -2.45. The van der Waals surface area contributed by atoms with Crippen LogP contribution in [0, 0.1) is 11.8 Å². The molecular weight excluding hydrogens is 362 g/mol. The maximum atomic E-state index is 12.7. The van der Waals surface area contributed by atoms with Gasteiger partial charge in [-0.3, -0.25) is 4.79 Å². The van der Waals surface area contributed by atoms with Crippen LogP contribution in [-0.4, -0.2) is 67.0 Å². The van der Waals surface area contributed by atoms with Gasteiger partial charge in [0.1, 0.15) is 17.5 Å². The molecule has 7 heteroatoms. The average molecular weight is 391 g/mol. The van der Waals surface area contributed by atoms with Crippen LogP contribution in [0.1, 0.15) is 37.0 Å². The lowest BCUT2D eigenvalue weighted by Gasteiger charge is -2.35. The second-order valence-electron chi connectivity index (χ2n) is 8.16. The first-order chi connectivity index (χ1) is 13.2. The molecule has 2 aliphatic rings. The normalized spacial score (nSPS) is 27.2. The Hall–Kier alpha value is -2.12. The topological polar surface area (TPSA) is 85.3 Å². The van der Waals surface area contributed by atoms with Crippen molar-refractivity contribution in [3.8, 4) is 5.75 Å². The van der Waals surface area contributed by atoms with E-state index in [9.17, 15) is 14.7 Å². The van der Waals surface area contributed by atoms with Crippen molar-refractivity contribution >= 4 is 11.9 Å². The Morgan fingerprint density at radius 3 is 2.46 bits per heavy atom. The van der Waals surface area contributed by atoms with Gasteiger partial charge in [-0.15, -0.1) is 0 Å². The fraction of sp³-hybridized carbons (Fsp3) is 0.619. The van der Waals surface area contributed by atoms with E-state index < -0.39 is 17.7 Å². The monoisotopic (exact) mass is 391 g/mol. The third-order valence-corrected chi connectivity index (χ3v) is 5.94. The average Bonchev–Trinajstić information content (AvgIpc) is 3.09. The Balaban J connectivity index is 1.66. The molecule has 1 aliphatic heterocycles. The van der Waals surface area contributed by atoms with Crippen LogP contribution < -0.4 is 4.74 Å². The predicted molar refractivity (Wildman–Crippen MR) is 102 cm³/mol. The first kappa shape index (κ1) is 20.6. The summed E-state index contributed by atoms with van der Waals surface area (Å²) in [5.74, 6) is 0.598. The zero-order chi connectivity index (χ0) is 20.5. The molecule has 4 atom stereocenters. The van der Waals surface area contributed by atoms with E-state index in [1.165, 1.54) is 14.2 Å². The molecule has 2 fully saturated rings. The van der Waals surface area contributed by atoms with Gasteiger partial charge < -0.3 is 24.2 Å². The number of benzene rings is 1. The third kappa shape index (κ3) is 4.15. The van der Waals surface area contributed by atoms with Crippen LogP contribution in [0.2, 0.25) is 0 Å². The minimum Gasteiger partial charge on any atom is -0.488 e. The van der Waals surface area contributed by atoms with Gasteiger partial charge in [-0.05, 0) is 56.7 Å². The highest BCUT2D eigenvalue weighted by atomic mass is 16.5. The van der Waals surface area contributed by atoms with E-state index in [0.29, 0.717) is 37.2 Å². The zero-order valence-electron chi connectivity index (χ0n) is 16.9. The molecule has 1 aliphatic carbocycles. The molecule has 7 nitrogen and oxygen atoms in total. The number of hydrogen-bond acceptors (Lipinski definition) is 6. The second-order valence-corrected chi connectivity index (χ2v) is 8.16. The number of hydrogen-bond donors (Lipinski definition) is 1. The van der Waals surface area contributed by atoms with Gasteiger partial charge in [0.05, 0.1) is 18.8 Å². The summed E-state index contributed by atoms with van der Waals surface area (Å²) in [5.41, 5.74) is -0.446. The van der Waals surface area contributed by atoms with Crippen molar-refractivity contribution in [1.29, 1.82) is 0 Å². The molecule has 0 bridgehead atoms. The van der Waals surface area contributed by atoms with Crippen LogP contribution in [-0.2, 0) is 14.3 Å². The summed E-state index contributed by atoms with van der Waals surface area (Å²) >= 11 is 0. The number of fused-ring (bicyclic) bond motifs is 1. The van der Waals surface area contributed by atoms with E-state index in [0.717, 1.165) is 0 Å². The second kappa shape index (κ2) is 8.09. The number of likely N-dealkylation sites (tertiary alicyclic amines) is 1. The lowest BCUT2D eigenvalue weighted by molar-refractivity contribution is -0.150. The smallest absolute Gasteiger partial charge is 0.337 e. The Morgan fingerprint density at radius 1 is 1.14 bits per heavy atom. The molecular formula is C21H29NO6. The van der Waals surface area contributed by atoms with Gasteiger partial charge in [0.15, 0.2) is 0 Å². The standard InChI is InChI=1S/C21H29NO6/c1-21(2,27-4)20(25)22-11-14-9-17(23)18(10-15(14)12-22)28-16-7-5-6-13(8-16)19(24)26-3/h5-8,14-15,17-18,23H,9-12H2,1-4H3/t14-,15+,17+,18+/m0/s1. The van der Waals surface area contributed by atoms with Crippen molar-refractivity contribution in [2.75, 3.05) is 27.3 Å². The van der Waals surface area contributed by atoms with Gasteiger partial charge >= 0.3 is 5.97 Å². The number of amides is 1. The molecule has 0 radical (unpaired) electrons. The van der Waals surface area contributed by atoms with Crippen LogP contribution >= 0.6 is 0 Å². The number of aliphatic hydroxyl groups is 1. The number of esters is 1. The molecule has 0 unspecified atom stereocenters. The van der Waals surface area contributed by atoms with E-state index in [1.54, 1.807) is 38.1 Å². The molecule has 1 aromatic rings. The summed E-state index contributed by atoms with van der Waals surface area (Å²) < 4.78 is 16.1. The van der Waals surface area contributed by atoms with Gasteiger partial charge in [0, 0.05) is 20.2 Å². The minimum absolute atomic E-state index is 0.0258. The van der Waals surface area contributed by atoms with Crippen LogP contribution in [0.5, 0.6) is 5.75 Å². The largest absolute Gasteiger partial charge is 0.488 e. The molecule has 1 saturated heterocycles. The van der Waals surface area contributed by atoms with Crippen LogP contribution in [0.25, 0.3) is 0 Å².